The van der Waals surface area contributed by atoms with Crippen LogP contribution in [0.4, 0.5) is 16.4 Å². The summed E-state index contributed by atoms with van der Waals surface area (Å²) in [6, 6.07) is -0.0165. The zero-order valence-corrected chi connectivity index (χ0v) is 17.9. The van der Waals surface area contributed by atoms with Gasteiger partial charge in [-0.15, -0.1) is 0 Å². The summed E-state index contributed by atoms with van der Waals surface area (Å²) >= 11 is 6.23. The number of carbonyl (C=O) groups excluding carboxylic acids is 1. The standard InChI is InChI=1S/C19H27ClN6O3/c1-19(2,3)29-18(27)24-12-6-5-7-14(8-12)28-16-15(20)10-21-17(25-16)23-13-9-22-26(4)11-13/h9-12,14H,5-8H2,1-4H3,(H,24,27)(H,21,23,25). The van der Waals surface area contributed by atoms with Gasteiger partial charge in [0.15, 0.2) is 0 Å². The van der Waals surface area contributed by atoms with E-state index >= 15 is 0 Å². The fourth-order valence-corrected chi connectivity index (χ4v) is 3.26. The van der Waals surface area contributed by atoms with E-state index in [-0.39, 0.29) is 12.1 Å². The number of hydrogen-bond donors (Lipinski definition) is 2. The maximum Gasteiger partial charge on any atom is 0.407 e. The first kappa shape index (κ1) is 21.2. The second-order valence-corrected chi connectivity index (χ2v) is 8.53. The predicted molar refractivity (Wildman–Crippen MR) is 110 cm³/mol. The summed E-state index contributed by atoms with van der Waals surface area (Å²) in [6.07, 6.45) is 7.79. The molecular formula is C19H27ClN6O3. The van der Waals surface area contributed by atoms with Crippen LogP contribution in [0.2, 0.25) is 5.02 Å². The van der Waals surface area contributed by atoms with Crippen molar-refractivity contribution in [1.82, 2.24) is 25.1 Å². The number of aryl methyl sites for hydroxylation is 1. The summed E-state index contributed by atoms with van der Waals surface area (Å²) < 4.78 is 13.1. The molecule has 1 saturated carbocycles. The van der Waals surface area contributed by atoms with E-state index in [1.54, 1.807) is 10.9 Å². The number of amides is 1. The van der Waals surface area contributed by atoms with E-state index in [0.717, 1.165) is 24.9 Å². The third-order valence-corrected chi connectivity index (χ3v) is 4.56. The quantitative estimate of drug-likeness (QED) is 0.754. The number of nitrogens with one attached hydrogen (secondary N) is 2. The lowest BCUT2D eigenvalue weighted by molar-refractivity contribution is 0.0461. The number of halogens is 1. The first-order chi connectivity index (χ1) is 13.7. The van der Waals surface area contributed by atoms with Crippen LogP contribution in [0, 0.1) is 0 Å². The van der Waals surface area contributed by atoms with Gasteiger partial charge < -0.3 is 20.1 Å². The molecule has 1 amide bonds. The van der Waals surface area contributed by atoms with Gasteiger partial charge in [0.25, 0.3) is 0 Å². The number of hydrogen-bond acceptors (Lipinski definition) is 7. The van der Waals surface area contributed by atoms with Gasteiger partial charge in [-0.2, -0.15) is 10.1 Å². The van der Waals surface area contributed by atoms with Gasteiger partial charge in [0.1, 0.15) is 16.7 Å². The van der Waals surface area contributed by atoms with Gasteiger partial charge in [0.2, 0.25) is 11.8 Å². The fourth-order valence-electron chi connectivity index (χ4n) is 3.12. The molecule has 2 aromatic rings. The monoisotopic (exact) mass is 422 g/mol. The molecule has 0 radical (unpaired) electrons. The Bertz CT molecular complexity index is 851. The van der Waals surface area contributed by atoms with Crippen molar-refractivity contribution in [3.05, 3.63) is 23.6 Å². The average molecular weight is 423 g/mol. The van der Waals surface area contributed by atoms with E-state index in [1.807, 2.05) is 34.0 Å². The molecule has 2 unspecified atom stereocenters. The zero-order chi connectivity index (χ0) is 21.0. The van der Waals surface area contributed by atoms with E-state index in [1.165, 1.54) is 6.20 Å². The molecule has 0 saturated heterocycles. The van der Waals surface area contributed by atoms with E-state index in [4.69, 9.17) is 21.1 Å². The number of alkyl carbamates (subject to hydrolysis) is 1. The normalized spacial score (nSPS) is 19.5. The van der Waals surface area contributed by atoms with Crippen LogP contribution in [0.1, 0.15) is 46.5 Å². The Morgan fingerprint density at radius 2 is 2.10 bits per heavy atom. The lowest BCUT2D eigenvalue weighted by Crippen LogP contribution is -2.43. The van der Waals surface area contributed by atoms with Crippen molar-refractivity contribution < 1.29 is 14.3 Å². The SMILES string of the molecule is Cn1cc(Nc2ncc(Cl)c(OC3CCCC(NC(=O)OC(C)(C)C)C3)n2)cn1. The van der Waals surface area contributed by atoms with Crippen LogP contribution in [0.15, 0.2) is 18.6 Å². The highest BCUT2D eigenvalue weighted by Gasteiger charge is 2.27. The maximum absolute atomic E-state index is 12.0. The average Bonchev–Trinajstić information content (AvgIpc) is 3.01. The Labute approximate surface area is 175 Å². The Hall–Kier alpha value is -2.55. The number of rotatable bonds is 5. The van der Waals surface area contributed by atoms with Crippen LogP contribution in [0.25, 0.3) is 0 Å². The number of aromatic nitrogens is 4. The number of anilines is 2. The summed E-state index contributed by atoms with van der Waals surface area (Å²) in [5, 5.41) is 10.4. The van der Waals surface area contributed by atoms with Crippen LogP contribution in [-0.4, -0.2) is 43.6 Å². The minimum absolute atomic E-state index is 0.0165. The smallest absolute Gasteiger partial charge is 0.407 e. The molecule has 1 aliphatic carbocycles. The molecule has 0 bridgehead atoms. The topological polar surface area (TPSA) is 103 Å². The molecule has 158 valence electrons. The van der Waals surface area contributed by atoms with Crippen LogP contribution < -0.4 is 15.4 Å². The fraction of sp³-hybridized carbons (Fsp3) is 0.579. The lowest BCUT2D eigenvalue weighted by atomic mass is 9.93. The van der Waals surface area contributed by atoms with E-state index in [0.29, 0.717) is 23.3 Å². The van der Waals surface area contributed by atoms with Crippen LogP contribution in [-0.2, 0) is 11.8 Å². The Kier molecular flexibility index (Phi) is 6.46. The maximum atomic E-state index is 12.0. The molecule has 3 rings (SSSR count). The highest BCUT2D eigenvalue weighted by atomic mass is 35.5. The molecule has 2 aromatic heterocycles. The largest absolute Gasteiger partial charge is 0.473 e. The molecule has 0 spiro atoms. The molecule has 1 aliphatic rings. The van der Waals surface area contributed by atoms with Crippen molar-refractivity contribution in [3.63, 3.8) is 0 Å². The Morgan fingerprint density at radius 3 is 2.79 bits per heavy atom. The van der Waals surface area contributed by atoms with Crippen molar-refractivity contribution in [2.45, 2.75) is 64.2 Å². The summed E-state index contributed by atoms with van der Waals surface area (Å²) in [5.41, 5.74) is 0.237. The van der Waals surface area contributed by atoms with Gasteiger partial charge in [-0.05, 0) is 40.0 Å². The second-order valence-electron chi connectivity index (χ2n) is 8.12. The van der Waals surface area contributed by atoms with Gasteiger partial charge >= 0.3 is 6.09 Å². The molecule has 29 heavy (non-hydrogen) atoms. The molecular weight excluding hydrogens is 396 g/mol. The van der Waals surface area contributed by atoms with Crippen molar-refractivity contribution >= 4 is 29.3 Å². The van der Waals surface area contributed by atoms with Gasteiger partial charge in [0, 0.05) is 25.7 Å². The summed E-state index contributed by atoms with van der Waals surface area (Å²) in [5.74, 6) is 0.688. The molecule has 0 aliphatic heterocycles. The number of nitrogens with zero attached hydrogens (tertiary/aromatic N) is 4. The summed E-state index contributed by atoms with van der Waals surface area (Å²) in [7, 11) is 1.83. The summed E-state index contributed by atoms with van der Waals surface area (Å²) in [4.78, 5) is 20.6. The van der Waals surface area contributed by atoms with Crippen molar-refractivity contribution in [2.24, 2.45) is 7.05 Å². The van der Waals surface area contributed by atoms with Crippen molar-refractivity contribution in [2.75, 3.05) is 5.32 Å². The van der Waals surface area contributed by atoms with Gasteiger partial charge in [0.05, 0.1) is 18.1 Å². The molecule has 2 atom stereocenters. The summed E-state index contributed by atoms with van der Waals surface area (Å²) in [6.45, 7) is 5.52. The van der Waals surface area contributed by atoms with E-state index in [9.17, 15) is 4.79 Å². The van der Waals surface area contributed by atoms with Crippen LogP contribution >= 0.6 is 11.6 Å². The lowest BCUT2D eigenvalue weighted by Gasteiger charge is -2.30. The highest BCUT2D eigenvalue weighted by Crippen LogP contribution is 2.28. The highest BCUT2D eigenvalue weighted by molar-refractivity contribution is 6.31. The zero-order valence-electron chi connectivity index (χ0n) is 17.1. The molecule has 10 heteroatoms. The van der Waals surface area contributed by atoms with Gasteiger partial charge in [-0.1, -0.05) is 11.6 Å². The molecule has 9 nitrogen and oxygen atoms in total. The Morgan fingerprint density at radius 1 is 1.31 bits per heavy atom. The third kappa shape index (κ3) is 6.49. The second kappa shape index (κ2) is 8.86. The van der Waals surface area contributed by atoms with E-state index < -0.39 is 11.7 Å². The number of carbonyl (C=O) groups is 1. The molecule has 1 fully saturated rings. The van der Waals surface area contributed by atoms with Gasteiger partial charge in [-0.25, -0.2) is 9.78 Å². The first-order valence-electron chi connectivity index (χ1n) is 9.62. The first-order valence-corrected chi connectivity index (χ1v) is 10.00. The molecule has 0 aromatic carbocycles. The van der Waals surface area contributed by atoms with Crippen LogP contribution in [0.5, 0.6) is 5.88 Å². The molecule has 2 N–H and O–H groups in total. The van der Waals surface area contributed by atoms with Crippen molar-refractivity contribution in [1.29, 1.82) is 0 Å². The van der Waals surface area contributed by atoms with Gasteiger partial charge in [-0.3, -0.25) is 4.68 Å². The predicted octanol–water partition coefficient (Wildman–Crippen LogP) is 3.82. The number of ether oxygens (including phenoxy) is 2. The van der Waals surface area contributed by atoms with E-state index in [2.05, 4.69) is 25.7 Å². The van der Waals surface area contributed by atoms with Crippen LogP contribution in [0.3, 0.4) is 0 Å². The van der Waals surface area contributed by atoms with Crippen molar-refractivity contribution in [3.8, 4) is 5.88 Å². The molecule has 2 heterocycles. The third-order valence-electron chi connectivity index (χ3n) is 4.30. The minimum Gasteiger partial charge on any atom is -0.473 e. The Balaban J connectivity index is 1.60. The minimum atomic E-state index is -0.527.